The zero-order chi connectivity index (χ0) is 11.8. The molecule has 2 atom stereocenters. The van der Waals surface area contributed by atoms with E-state index >= 15 is 0 Å². The smallest absolute Gasteiger partial charge is 0.220 e. The molecular weight excluding hydrogens is 202 g/mol. The van der Waals surface area contributed by atoms with Gasteiger partial charge in [-0.2, -0.15) is 0 Å². The number of carbonyl (C=O) groups excluding carboxylic acids is 1. The first-order valence-corrected chi connectivity index (χ1v) is 6.12. The Morgan fingerprint density at radius 3 is 2.88 bits per heavy atom. The van der Waals surface area contributed by atoms with Gasteiger partial charge in [0.25, 0.3) is 0 Å². The topological polar surface area (TPSA) is 49.3 Å². The molecule has 3 heteroatoms. The summed E-state index contributed by atoms with van der Waals surface area (Å²) in [6.45, 7) is 0.620. The van der Waals surface area contributed by atoms with Gasteiger partial charge >= 0.3 is 0 Å². The first-order valence-electron chi connectivity index (χ1n) is 6.12. The minimum Gasteiger partial charge on any atom is -0.393 e. The molecule has 1 amide bonds. The second-order valence-corrected chi connectivity index (χ2v) is 4.47. The SMILES string of the molecule is C#CCCCCC(=O)NCC1CCCC1O. The maximum atomic E-state index is 11.4. The summed E-state index contributed by atoms with van der Waals surface area (Å²) >= 11 is 0. The molecule has 1 aliphatic carbocycles. The summed E-state index contributed by atoms with van der Waals surface area (Å²) in [6, 6.07) is 0. The fourth-order valence-electron chi connectivity index (χ4n) is 2.10. The number of hydrogen-bond donors (Lipinski definition) is 2. The largest absolute Gasteiger partial charge is 0.393 e. The van der Waals surface area contributed by atoms with Gasteiger partial charge in [0.05, 0.1) is 6.10 Å². The van der Waals surface area contributed by atoms with Crippen molar-refractivity contribution >= 4 is 5.91 Å². The van der Waals surface area contributed by atoms with E-state index in [2.05, 4.69) is 11.2 Å². The lowest BCUT2D eigenvalue weighted by molar-refractivity contribution is -0.121. The van der Waals surface area contributed by atoms with E-state index in [-0.39, 0.29) is 17.9 Å². The number of terminal acetylenes is 1. The summed E-state index contributed by atoms with van der Waals surface area (Å²) in [5, 5.41) is 12.5. The molecule has 0 aromatic rings. The fraction of sp³-hybridized carbons (Fsp3) is 0.769. The van der Waals surface area contributed by atoms with Crippen molar-refractivity contribution in [2.75, 3.05) is 6.54 Å². The highest BCUT2D eigenvalue weighted by Gasteiger charge is 2.25. The molecule has 0 aliphatic heterocycles. The predicted molar refractivity (Wildman–Crippen MR) is 63.7 cm³/mol. The Morgan fingerprint density at radius 2 is 2.25 bits per heavy atom. The van der Waals surface area contributed by atoms with Gasteiger partial charge in [-0.25, -0.2) is 0 Å². The van der Waals surface area contributed by atoms with Crippen LogP contribution in [0.1, 0.15) is 44.9 Å². The van der Waals surface area contributed by atoms with Crippen LogP contribution in [0.2, 0.25) is 0 Å². The molecule has 1 fully saturated rings. The lowest BCUT2D eigenvalue weighted by Crippen LogP contribution is -2.32. The summed E-state index contributed by atoms with van der Waals surface area (Å²) in [7, 11) is 0. The average Bonchev–Trinajstić information content (AvgIpc) is 2.67. The molecule has 3 nitrogen and oxygen atoms in total. The molecule has 0 spiro atoms. The normalized spacial score (nSPS) is 24.0. The molecule has 1 saturated carbocycles. The monoisotopic (exact) mass is 223 g/mol. The van der Waals surface area contributed by atoms with Crippen molar-refractivity contribution < 1.29 is 9.90 Å². The third-order valence-corrected chi connectivity index (χ3v) is 3.16. The minimum atomic E-state index is -0.221. The van der Waals surface area contributed by atoms with Crippen molar-refractivity contribution in [1.29, 1.82) is 0 Å². The van der Waals surface area contributed by atoms with E-state index < -0.39 is 0 Å². The molecular formula is C13H21NO2. The molecule has 0 aromatic carbocycles. The summed E-state index contributed by atoms with van der Waals surface area (Å²) < 4.78 is 0. The summed E-state index contributed by atoms with van der Waals surface area (Å²) in [5.74, 6) is 2.90. The van der Waals surface area contributed by atoms with E-state index in [1.54, 1.807) is 0 Å². The van der Waals surface area contributed by atoms with Crippen molar-refractivity contribution in [3.05, 3.63) is 0 Å². The fourth-order valence-corrected chi connectivity index (χ4v) is 2.10. The lowest BCUT2D eigenvalue weighted by Gasteiger charge is -2.14. The van der Waals surface area contributed by atoms with Crippen LogP contribution in [0.25, 0.3) is 0 Å². The van der Waals surface area contributed by atoms with Crippen LogP contribution in [0.5, 0.6) is 0 Å². The van der Waals surface area contributed by atoms with Gasteiger partial charge in [0.15, 0.2) is 0 Å². The molecule has 0 bridgehead atoms. The van der Waals surface area contributed by atoms with E-state index in [9.17, 15) is 9.90 Å². The highest BCUT2D eigenvalue weighted by atomic mass is 16.3. The molecule has 0 radical (unpaired) electrons. The second-order valence-electron chi connectivity index (χ2n) is 4.47. The molecule has 16 heavy (non-hydrogen) atoms. The molecule has 1 rings (SSSR count). The number of hydrogen-bond acceptors (Lipinski definition) is 2. The number of carbonyl (C=O) groups is 1. The Bertz CT molecular complexity index is 257. The van der Waals surface area contributed by atoms with Crippen molar-refractivity contribution in [3.8, 4) is 12.3 Å². The van der Waals surface area contributed by atoms with E-state index in [0.717, 1.165) is 38.5 Å². The van der Waals surface area contributed by atoms with Crippen LogP contribution < -0.4 is 5.32 Å². The summed E-state index contributed by atoms with van der Waals surface area (Å²) in [5.41, 5.74) is 0. The predicted octanol–water partition coefficient (Wildman–Crippen LogP) is 1.46. The van der Waals surface area contributed by atoms with E-state index in [1.165, 1.54) is 0 Å². The van der Waals surface area contributed by atoms with Crippen LogP contribution in [0.4, 0.5) is 0 Å². The zero-order valence-corrected chi connectivity index (χ0v) is 9.74. The molecule has 0 heterocycles. The number of aliphatic hydroxyl groups excluding tert-OH is 1. The molecule has 0 aromatic heterocycles. The van der Waals surface area contributed by atoms with Crippen LogP contribution in [0.3, 0.4) is 0 Å². The van der Waals surface area contributed by atoms with Crippen LogP contribution in [0.15, 0.2) is 0 Å². The van der Waals surface area contributed by atoms with Crippen LogP contribution in [0, 0.1) is 18.3 Å². The van der Waals surface area contributed by atoms with Gasteiger partial charge < -0.3 is 10.4 Å². The van der Waals surface area contributed by atoms with Gasteiger partial charge in [-0.05, 0) is 25.7 Å². The third kappa shape index (κ3) is 4.67. The number of nitrogens with one attached hydrogen (secondary N) is 1. The first kappa shape index (κ1) is 13.1. The molecule has 2 N–H and O–H groups in total. The summed E-state index contributed by atoms with van der Waals surface area (Å²) in [4.78, 5) is 11.4. The van der Waals surface area contributed by atoms with Crippen LogP contribution >= 0.6 is 0 Å². The van der Waals surface area contributed by atoms with Crippen molar-refractivity contribution in [2.45, 2.75) is 51.0 Å². The second kappa shape index (κ2) is 7.29. The first-order chi connectivity index (χ1) is 7.74. The number of aliphatic hydroxyl groups is 1. The maximum absolute atomic E-state index is 11.4. The molecule has 2 unspecified atom stereocenters. The zero-order valence-electron chi connectivity index (χ0n) is 9.74. The van der Waals surface area contributed by atoms with Crippen LogP contribution in [-0.2, 0) is 4.79 Å². The summed E-state index contributed by atoms with van der Waals surface area (Å²) in [6.07, 6.45) is 10.9. The van der Waals surface area contributed by atoms with Gasteiger partial charge in [-0.15, -0.1) is 12.3 Å². The van der Waals surface area contributed by atoms with Gasteiger partial charge in [-0.1, -0.05) is 6.42 Å². The van der Waals surface area contributed by atoms with E-state index in [1.807, 2.05) is 0 Å². The number of unbranched alkanes of at least 4 members (excludes halogenated alkanes) is 2. The molecule has 0 saturated heterocycles. The van der Waals surface area contributed by atoms with Crippen molar-refractivity contribution in [3.63, 3.8) is 0 Å². The van der Waals surface area contributed by atoms with Gasteiger partial charge in [0.2, 0.25) is 5.91 Å². The minimum absolute atomic E-state index is 0.0797. The Balaban J connectivity index is 2.04. The molecule has 90 valence electrons. The van der Waals surface area contributed by atoms with Gasteiger partial charge in [0.1, 0.15) is 0 Å². The number of amides is 1. The quantitative estimate of drug-likeness (QED) is 0.529. The Morgan fingerprint density at radius 1 is 1.44 bits per heavy atom. The van der Waals surface area contributed by atoms with Gasteiger partial charge in [0, 0.05) is 25.3 Å². The van der Waals surface area contributed by atoms with Crippen molar-refractivity contribution in [1.82, 2.24) is 5.32 Å². The highest BCUT2D eigenvalue weighted by molar-refractivity contribution is 5.75. The van der Waals surface area contributed by atoms with E-state index in [0.29, 0.717) is 13.0 Å². The number of rotatable bonds is 6. The van der Waals surface area contributed by atoms with Gasteiger partial charge in [-0.3, -0.25) is 4.79 Å². The Hall–Kier alpha value is -1.01. The standard InChI is InChI=1S/C13H21NO2/c1-2-3-4-5-9-13(16)14-10-11-7-6-8-12(11)15/h1,11-12,15H,3-10H2,(H,14,16). The average molecular weight is 223 g/mol. The third-order valence-electron chi connectivity index (χ3n) is 3.16. The molecule has 1 aliphatic rings. The maximum Gasteiger partial charge on any atom is 0.220 e. The van der Waals surface area contributed by atoms with Crippen LogP contribution in [-0.4, -0.2) is 23.7 Å². The Labute approximate surface area is 97.6 Å². The highest BCUT2D eigenvalue weighted by Crippen LogP contribution is 2.24. The Kier molecular flexibility index (Phi) is 5.95. The lowest BCUT2D eigenvalue weighted by atomic mass is 10.1. The van der Waals surface area contributed by atoms with Crippen molar-refractivity contribution in [2.24, 2.45) is 5.92 Å². The van der Waals surface area contributed by atoms with E-state index in [4.69, 9.17) is 6.42 Å².